The third kappa shape index (κ3) is 4.46. The number of nitrogens with zero attached hydrogens (tertiary/aromatic N) is 1. The monoisotopic (exact) mass is 291 g/mol. The number of aryl methyl sites for hydroxylation is 1. The van der Waals surface area contributed by atoms with Crippen molar-refractivity contribution in [2.24, 2.45) is 5.92 Å². The van der Waals surface area contributed by atoms with E-state index in [1.165, 1.54) is 5.56 Å². The number of likely N-dealkylation sites (tertiary alicyclic amines) is 1. The Morgan fingerprint density at radius 2 is 2.29 bits per heavy atom. The minimum Gasteiger partial charge on any atom is -0.492 e. The first-order valence-corrected chi connectivity index (χ1v) is 7.76. The Balaban J connectivity index is 1.85. The number of rotatable bonds is 6. The van der Waals surface area contributed by atoms with Gasteiger partial charge in [-0.3, -0.25) is 9.69 Å². The molecule has 4 heteroatoms. The van der Waals surface area contributed by atoms with Crippen LogP contribution in [0.25, 0.3) is 0 Å². The van der Waals surface area contributed by atoms with Crippen LogP contribution in [-0.2, 0) is 4.79 Å². The van der Waals surface area contributed by atoms with Crippen molar-refractivity contribution in [2.75, 3.05) is 19.7 Å². The lowest BCUT2D eigenvalue weighted by Crippen LogP contribution is -2.48. The fourth-order valence-corrected chi connectivity index (χ4v) is 2.97. The summed E-state index contributed by atoms with van der Waals surface area (Å²) >= 11 is 0. The van der Waals surface area contributed by atoms with Crippen LogP contribution < -0.4 is 4.74 Å². The van der Waals surface area contributed by atoms with Gasteiger partial charge in [0, 0.05) is 6.54 Å². The van der Waals surface area contributed by atoms with Crippen molar-refractivity contribution in [3.63, 3.8) is 0 Å². The van der Waals surface area contributed by atoms with Gasteiger partial charge < -0.3 is 9.84 Å². The lowest BCUT2D eigenvalue weighted by molar-refractivity contribution is -0.145. The zero-order chi connectivity index (χ0) is 15.2. The summed E-state index contributed by atoms with van der Waals surface area (Å²) in [7, 11) is 0. The number of aliphatic carboxylic acids is 1. The fourth-order valence-electron chi connectivity index (χ4n) is 2.97. The Hall–Kier alpha value is -1.55. The molecule has 1 heterocycles. The summed E-state index contributed by atoms with van der Waals surface area (Å²) in [5, 5.41) is 9.39. The maximum atomic E-state index is 11.4. The maximum absolute atomic E-state index is 11.4. The van der Waals surface area contributed by atoms with E-state index in [4.69, 9.17) is 4.74 Å². The first kappa shape index (κ1) is 15.8. The minimum atomic E-state index is -0.705. The van der Waals surface area contributed by atoms with E-state index in [1.807, 2.05) is 36.1 Å². The normalized spacial score (nSPS) is 23.0. The van der Waals surface area contributed by atoms with Crippen LogP contribution in [0.5, 0.6) is 5.75 Å². The topological polar surface area (TPSA) is 49.8 Å². The number of ether oxygens (including phenoxy) is 1. The highest BCUT2D eigenvalue weighted by molar-refractivity contribution is 5.73. The number of hydrogen-bond acceptors (Lipinski definition) is 3. The van der Waals surface area contributed by atoms with Crippen LogP contribution in [0.15, 0.2) is 24.3 Å². The molecule has 116 valence electrons. The Bertz CT molecular complexity index is 475. The van der Waals surface area contributed by atoms with Crippen molar-refractivity contribution < 1.29 is 14.6 Å². The molecule has 2 rings (SSSR count). The second-order valence-corrected chi connectivity index (χ2v) is 5.85. The fraction of sp³-hybridized carbons (Fsp3) is 0.588. The standard InChI is InChI=1S/C17H25NO3/c1-3-14-7-8-18(16(12-14)17(19)20)9-10-21-15-6-4-5-13(2)11-15/h4-6,11,14,16H,3,7-10,12H2,1-2H3,(H,19,20). The molecular formula is C17H25NO3. The summed E-state index contributed by atoms with van der Waals surface area (Å²) in [6, 6.07) is 7.58. The van der Waals surface area contributed by atoms with Gasteiger partial charge in [-0.2, -0.15) is 0 Å². The van der Waals surface area contributed by atoms with E-state index in [0.717, 1.165) is 31.6 Å². The van der Waals surface area contributed by atoms with Gasteiger partial charge in [-0.05, 0) is 49.9 Å². The summed E-state index contributed by atoms with van der Waals surface area (Å²) in [5.74, 6) is 0.689. The van der Waals surface area contributed by atoms with E-state index in [-0.39, 0.29) is 6.04 Å². The molecule has 2 unspecified atom stereocenters. The highest BCUT2D eigenvalue weighted by Gasteiger charge is 2.32. The van der Waals surface area contributed by atoms with Crippen molar-refractivity contribution in [3.8, 4) is 5.75 Å². The number of carboxylic acid groups (broad SMARTS) is 1. The predicted octanol–water partition coefficient (Wildman–Crippen LogP) is 2.95. The van der Waals surface area contributed by atoms with Crippen molar-refractivity contribution in [2.45, 2.75) is 39.2 Å². The van der Waals surface area contributed by atoms with E-state index in [2.05, 4.69) is 6.92 Å². The van der Waals surface area contributed by atoms with Crippen molar-refractivity contribution in [3.05, 3.63) is 29.8 Å². The van der Waals surface area contributed by atoms with Gasteiger partial charge in [0.15, 0.2) is 0 Å². The van der Waals surface area contributed by atoms with Crippen LogP contribution in [0.3, 0.4) is 0 Å². The summed E-state index contributed by atoms with van der Waals surface area (Å²) in [4.78, 5) is 13.5. The largest absolute Gasteiger partial charge is 0.492 e. The van der Waals surface area contributed by atoms with Crippen LogP contribution in [0.4, 0.5) is 0 Å². The van der Waals surface area contributed by atoms with Crippen LogP contribution >= 0.6 is 0 Å². The Morgan fingerprint density at radius 3 is 2.95 bits per heavy atom. The van der Waals surface area contributed by atoms with Crippen LogP contribution in [0.1, 0.15) is 31.7 Å². The molecule has 0 bridgehead atoms. The predicted molar refractivity (Wildman–Crippen MR) is 82.7 cm³/mol. The van der Waals surface area contributed by atoms with Gasteiger partial charge in [0.2, 0.25) is 0 Å². The number of carboxylic acids is 1. The van der Waals surface area contributed by atoms with E-state index >= 15 is 0 Å². The summed E-state index contributed by atoms with van der Waals surface area (Å²) in [6.07, 6.45) is 2.92. The molecule has 1 aliphatic heterocycles. The molecule has 1 aliphatic rings. The minimum absolute atomic E-state index is 0.357. The third-order valence-corrected chi connectivity index (χ3v) is 4.32. The Morgan fingerprint density at radius 1 is 1.48 bits per heavy atom. The zero-order valence-electron chi connectivity index (χ0n) is 12.9. The first-order chi connectivity index (χ1) is 10.1. The van der Waals surface area contributed by atoms with E-state index in [0.29, 0.717) is 19.1 Å². The molecule has 1 fully saturated rings. The first-order valence-electron chi connectivity index (χ1n) is 7.76. The van der Waals surface area contributed by atoms with Gasteiger partial charge in [0.05, 0.1) is 0 Å². The second-order valence-electron chi connectivity index (χ2n) is 5.85. The Kier molecular flexibility index (Phi) is 5.62. The zero-order valence-corrected chi connectivity index (χ0v) is 12.9. The third-order valence-electron chi connectivity index (χ3n) is 4.32. The Labute approximate surface area is 126 Å². The number of benzene rings is 1. The average molecular weight is 291 g/mol. The molecular weight excluding hydrogens is 266 g/mol. The molecule has 21 heavy (non-hydrogen) atoms. The molecule has 0 aromatic heterocycles. The highest BCUT2D eigenvalue weighted by atomic mass is 16.5. The molecule has 0 radical (unpaired) electrons. The van der Waals surface area contributed by atoms with Gasteiger partial charge in [-0.1, -0.05) is 25.5 Å². The van der Waals surface area contributed by atoms with Crippen LogP contribution in [-0.4, -0.2) is 41.7 Å². The van der Waals surface area contributed by atoms with Gasteiger partial charge in [0.25, 0.3) is 0 Å². The molecule has 4 nitrogen and oxygen atoms in total. The molecule has 0 aliphatic carbocycles. The summed E-state index contributed by atoms with van der Waals surface area (Å²) in [6.45, 7) is 6.22. The molecule has 0 saturated carbocycles. The molecule has 1 saturated heterocycles. The van der Waals surface area contributed by atoms with Crippen molar-refractivity contribution in [1.29, 1.82) is 0 Å². The molecule has 0 amide bonds. The summed E-state index contributed by atoms with van der Waals surface area (Å²) in [5.41, 5.74) is 1.17. The average Bonchev–Trinajstić information content (AvgIpc) is 2.47. The molecule has 1 N–H and O–H groups in total. The van der Waals surface area contributed by atoms with Gasteiger partial charge >= 0.3 is 5.97 Å². The number of piperidine rings is 1. The van der Waals surface area contributed by atoms with Gasteiger partial charge in [-0.25, -0.2) is 0 Å². The van der Waals surface area contributed by atoms with E-state index in [1.54, 1.807) is 0 Å². The lowest BCUT2D eigenvalue weighted by Gasteiger charge is -2.36. The smallest absolute Gasteiger partial charge is 0.320 e. The van der Waals surface area contributed by atoms with Crippen LogP contribution in [0, 0.1) is 12.8 Å². The molecule has 2 atom stereocenters. The van der Waals surface area contributed by atoms with Crippen LogP contribution in [0.2, 0.25) is 0 Å². The van der Waals surface area contributed by atoms with Crippen molar-refractivity contribution in [1.82, 2.24) is 4.90 Å². The van der Waals surface area contributed by atoms with Gasteiger partial charge in [-0.15, -0.1) is 0 Å². The molecule has 1 aromatic rings. The summed E-state index contributed by atoms with van der Waals surface area (Å²) < 4.78 is 5.74. The quantitative estimate of drug-likeness (QED) is 0.875. The van der Waals surface area contributed by atoms with E-state index < -0.39 is 5.97 Å². The van der Waals surface area contributed by atoms with E-state index in [9.17, 15) is 9.90 Å². The van der Waals surface area contributed by atoms with Crippen molar-refractivity contribution >= 4 is 5.97 Å². The highest BCUT2D eigenvalue weighted by Crippen LogP contribution is 2.25. The SMILES string of the molecule is CCC1CCN(CCOc2cccc(C)c2)C(C(=O)O)C1. The lowest BCUT2D eigenvalue weighted by atomic mass is 9.89. The molecule has 0 spiro atoms. The number of hydrogen-bond donors (Lipinski definition) is 1. The van der Waals surface area contributed by atoms with Gasteiger partial charge in [0.1, 0.15) is 18.4 Å². The second kappa shape index (κ2) is 7.46. The number of carbonyl (C=O) groups is 1. The maximum Gasteiger partial charge on any atom is 0.320 e. The molecule has 1 aromatic carbocycles.